The Morgan fingerprint density at radius 2 is 2.05 bits per heavy atom. The first-order chi connectivity index (χ1) is 9.66. The molecule has 3 N–H and O–H groups in total. The minimum Gasteiger partial charge on any atom is -0.384 e. The molecule has 0 saturated heterocycles. The van der Waals surface area contributed by atoms with Gasteiger partial charge in [0.25, 0.3) is 0 Å². The number of nitrogens with two attached hydrogens (primary N) is 1. The maximum atomic E-state index is 7.76. The number of para-hydroxylation sites is 1. The van der Waals surface area contributed by atoms with Crippen molar-refractivity contribution in [2.45, 2.75) is 19.8 Å². The molecular weight excluding hydrogens is 248 g/mol. The number of hydrogen-bond acceptors (Lipinski definition) is 3. The number of hydrogen-bond donors (Lipinski definition) is 2. The van der Waals surface area contributed by atoms with Crippen molar-refractivity contribution in [3.8, 4) is 0 Å². The quantitative estimate of drug-likeness (QED) is 0.649. The molecule has 4 nitrogen and oxygen atoms in total. The van der Waals surface area contributed by atoms with Gasteiger partial charge in [-0.05, 0) is 43.5 Å². The molecule has 0 fully saturated rings. The van der Waals surface area contributed by atoms with Crippen LogP contribution in [0.4, 0.5) is 11.5 Å². The lowest BCUT2D eigenvalue weighted by atomic mass is 10.0. The van der Waals surface area contributed by atoms with Gasteiger partial charge in [0.1, 0.15) is 11.7 Å². The molecule has 0 aliphatic carbocycles. The van der Waals surface area contributed by atoms with Gasteiger partial charge in [-0.1, -0.05) is 18.2 Å². The van der Waals surface area contributed by atoms with Gasteiger partial charge in [-0.15, -0.1) is 0 Å². The lowest BCUT2D eigenvalue weighted by Crippen LogP contribution is -2.28. The molecule has 4 heteroatoms. The first-order valence-corrected chi connectivity index (χ1v) is 6.84. The van der Waals surface area contributed by atoms with Crippen LogP contribution >= 0.6 is 0 Å². The molecule has 1 aliphatic rings. The van der Waals surface area contributed by atoms with Gasteiger partial charge in [-0.25, -0.2) is 4.98 Å². The molecule has 1 aromatic carbocycles. The molecular formula is C16H18N4. The maximum Gasteiger partial charge on any atom is 0.144 e. The Labute approximate surface area is 118 Å². The number of benzene rings is 1. The smallest absolute Gasteiger partial charge is 0.144 e. The van der Waals surface area contributed by atoms with Crippen molar-refractivity contribution in [1.82, 2.24) is 4.98 Å². The predicted octanol–water partition coefficient (Wildman–Crippen LogP) is 2.76. The van der Waals surface area contributed by atoms with E-state index in [0.29, 0.717) is 5.56 Å². The molecule has 102 valence electrons. The van der Waals surface area contributed by atoms with Crippen LogP contribution in [0.2, 0.25) is 0 Å². The van der Waals surface area contributed by atoms with Crippen molar-refractivity contribution in [3.63, 3.8) is 0 Å². The second-order valence-electron chi connectivity index (χ2n) is 5.12. The Hall–Kier alpha value is -2.36. The van der Waals surface area contributed by atoms with Gasteiger partial charge in [0.05, 0.1) is 5.56 Å². The number of fused-ring (bicyclic) bond motifs is 1. The highest BCUT2D eigenvalue weighted by Crippen LogP contribution is 2.33. The van der Waals surface area contributed by atoms with E-state index in [1.54, 1.807) is 0 Å². The van der Waals surface area contributed by atoms with Crippen molar-refractivity contribution >= 4 is 17.3 Å². The fourth-order valence-electron chi connectivity index (χ4n) is 2.71. The number of anilines is 2. The second kappa shape index (κ2) is 4.96. The monoisotopic (exact) mass is 266 g/mol. The zero-order valence-electron chi connectivity index (χ0n) is 11.6. The molecule has 0 saturated carbocycles. The molecule has 2 heterocycles. The van der Waals surface area contributed by atoms with Crippen LogP contribution in [-0.4, -0.2) is 17.4 Å². The summed E-state index contributed by atoms with van der Waals surface area (Å²) in [5, 5.41) is 7.76. The number of nitrogens with one attached hydrogen (secondary N) is 1. The lowest BCUT2D eigenvalue weighted by Gasteiger charge is -2.31. The van der Waals surface area contributed by atoms with E-state index in [4.69, 9.17) is 11.1 Å². The van der Waals surface area contributed by atoms with Crippen LogP contribution in [-0.2, 0) is 6.42 Å². The van der Waals surface area contributed by atoms with Crippen LogP contribution in [0, 0.1) is 12.3 Å². The van der Waals surface area contributed by atoms with Crippen LogP contribution in [0.25, 0.3) is 0 Å². The maximum absolute atomic E-state index is 7.76. The standard InChI is InChI=1S/C16H18N4/c1-11-8-9-13(15(17)18)16(19-11)20-10-4-6-12-5-2-3-7-14(12)20/h2-3,5,7-9H,4,6,10H2,1H3,(H3,17,18). The van der Waals surface area contributed by atoms with Crippen molar-refractivity contribution in [2.24, 2.45) is 5.73 Å². The van der Waals surface area contributed by atoms with Gasteiger partial charge >= 0.3 is 0 Å². The third-order valence-electron chi connectivity index (χ3n) is 3.67. The summed E-state index contributed by atoms with van der Waals surface area (Å²) in [4.78, 5) is 6.81. The summed E-state index contributed by atoms with van der Waals surface area (Å²) in [6, 6.07) is 12.2. The fraction of sp³-hybridized carbons (Fsp3) is 0.250. The number of pyridine rings is 1. The highest BCUT2D eigenvalue weighted by atomic mass is 15.2. The van der Waals surface area contributed by atoms with E-state index in [-0.39, 0.29) is 5.84 Å². The molecule has 0 unspecified atom stereocenters. The van der Waals surface area contributed by atoms with Crippen LogP contribution in [0.15, 0.2) is 36.4 Å². The minimum absolute atomic E-state index is 0.0653. The van der Waals surface area contributed by atoms with E-state index in [1.807, 2.05) is 25.1 Å². The number of aryl methyl sites for hydroxylation is 2. The van der Waals surface area contributed by atoms with E-state index in [0.717, 1.165) is 30.9 Å². The topological polar surface area (TPSA) is 66.0 Å². The molecule has 1 aliphatic heterocycles. The van der Waals surface area contributed by atoms with Gasteiger partial charge in [-0.2, -0.15) is 0 Å². The van der Waals surface area contributed by atoms with Crippen LogP contribution in [0.3, 0.4) is 0 Å². The van der Waals surface area contributed by atoms with Crippen molar-refractivity contribution in [3.05, 3.63) is 53.2 Å². The van der Waals surface area contributed by atoms with E-state index < -0.39 is 0 Å². The molecule has 2 aromatic rings. The Kier molecular flexibility index (Phi) is 3.14. The Morgan fingerprint density at radius 3 is 2.85 bits per heavy atom. The second-order valence-corrected chi connectivity index (χ2v) is 5.12. The average molecular weight is 266 g/mol. The number of nitrogen functional groups attached to an aromatic ring is 1. The molecule has 0 amide bonds. The molecule has 20 heavy (non-hydrogen) atoms. The average Bonchev–Trinajstić information content (AvgIpc) is 2.46. The van der Waals surface area contributed by atoms with Gasteiger partial charge in [0.15, 0.2) is 0 Å². The zero-order valence-corrected chi connectivity index (χ0v) is 11.6. The summed E-state index contributed by atoms with van der Waals surface area (Å²) in [7, 11) is 0. The lowest BCUT2D eigenvalue weighted by molar-refractivity contribution is 0.758. The first-order valence-electron chi connectivity index (χ1n) is 6.84. The summed E-state index contributed by atoms with van der Waals surface area (Å²) < 4.78 is 0. The first kappa shape index (κ1) is 12.7. The number of aromatic nitrogens is 1. The van der Waals surface area contributed by atoms with Crippen molar-refractivity contribution in [2.75, 3.05) is 11.4 Å². The van der Waals surface area contributed by atoms with Gasteiger partial charge in [0, 0.05) is 17.9 Å². The van der Waals surface area contributed by atoms with Crippen LogP contribution in [0.5, 0.6) is 0 Å². The van der Waals surface area contributed by atoms with E-state index in [2.05, 4.69) is 28.1 Å². The summed E-state index contributed by atoms with van der Waals surface area (Å²) >= 11 is 0. The third kappa shape index (κ3) is 2.13. The Morgan fingerprint density at radius 1 is 1.25 bits per heavy atom. The molecule has 1 aromatic heterocycles. The summed E-state index contributed by atoms with van der Waals surface area (Å²) in [5.74, 6) is 0.861. The molecule has 0 radical (unpaired) electrons. The van der Waals surface area contributed by atoms with Crippen LogP contribution < -0.4 is 10.6 Å². The Bertz CT molecular complexity index is 663. The summed E-state index contributed by atoms with van der Waals surface area (Å²) in [6.07, 6.45) is 2.18. The van der Waals surface area contributed by atoms with Gasteiger partial charge in [0.2, 0.25) is 0 Å². The third-order valence-corrected chi connectivity index (χ3v) is 3.67. The highest BCUT2D eigenvalue weighted by Gasteiger charge is 2.22. The number of nitrogens with zero attached hydrogens (tertiary/aromatic N) is 2. The molecule has 0 atom stereocenters. The summed E-state index contributed by atoms with van der Waals surface area (Å²) in [6.45, 7) is 2.87. The van der Waals surface area contributed by atoms with E-state index in [9.17, 15) is 0 Å². The number of rotatable bonds is 2. The number of amidine groups is 1. The largest absolute Gasteiger partial charge is 0.384 e. The predicted molar refractivity (Wildman–Crippen MR) is 81.8 cm³/mol. The SMILES string of the molecule is Cc1ccc(C(=N)N)c(N2CCCc3ccccc32)n1. The highest BCUT2D eigenvalue weighted by molar-refractivity contribution is 6.00. The fourth-order valence-corrected chi connectivity index (χ4v) is 2.71. The Balaban J connectivity index is 2.15. The zero-order chi connectivity index (χ0) is 14.1. The van der Waals surface area contributed by atoms with E-state index >= 15 is 0 Å². The molecule has 0 bridgehead atoms. The van der Waals surface area contributed by atoms with Gasteiger partial charge in [-0.3, -0.25) is 5.41 Å². The van der Waals surface area contributed by atoms with Crippen molar-refractivity contribution in [1.29, 1.82) is 5.41 Å². The van der Waals surface area contributed by atoms with Gasteiger partial charge < -0.3 is 10.6 Å². The summed E-state index contributed by atoms with van der Waals surface area (Å²) in [5.41, 5.74) is 9.86. The minimum atomic E-state index is 0.0653. The van der Waals surface area contributed by atoms with E-state index in [1.165, 1.54) is 11.3 Å². The van der Waals surface area contributed by atoms with Crippen LogP contribution in [0.1, 0.15) is 23.2 Å². The normalized spacial score (nSPS) is 13.9. The molecule has 0 spiro atoms. The van der Waals surface area contributed by atoms with Crippen molar-refractivity contribution < 1.29 is 0 Å². The molecule has 3 rings (SSSR count).